The number of sulfonamides is 1. The zero-order valence-corrected chi connectivity index (χ0v) is 16.6. The van der Waals surface area contributed by atoms with E-state index in [0.717, 1.165) is 0 Å². The molecule has 0 aliphatic rings. The summed E-state index contributed by atoms with van der Waals surface area (Å²) in [6, 6.07) is 7.03. The lowest BCUT2D eigenvalue weighted by atomic mass is 10.3. The van der Waals surface area contributed by atoms with Crippen molar-refractivity contribution in [2.45, 2.75) is 31.5 Å². The van der Waals surface area contributed by atoms with Gasteiger partial charge in [-0.05, 0) is 32.0 Å². The third-order valence-corrected chi connectivity index (χ3v) is 4.90. The minimum absolute atomic E-state index is 0.0777. The van der Waals surface area contributed by atoms with Gasteiger partial charge in [0, 0.05) is 24.4 Å². The van der Waals surface area contributed by atoms with Crippen LogP contribution in [0.5, 0.6) is 17.4 Å². The second-order valence-corrected chi connectivity index (χ2v) is 7.44. The van der Waals surface area contributed by atoms with Crippen molar-refractivity contribution in [3.05, 3.63) is 42.1 Å². The molecule has 0 unspecified atom stereocenters. The van der Waals surface area contributed by atoms with Gasteiger partial charge in [0.25, 0.3) is 0 Å². The Hall–Kier alpha value is -2.53. The van der Waals surface area contributed by atoms with Crippen molar-refractivity contribution in [1.29, 1.82) is 0 Å². The molecular formula is C18H21F3N2O5S. The fourth-order valence-electron chi connectivity index (χ4n) is 2.29. The summed E-state index contributed by atoms with van der Waals surface area (Å²) in [6.45, 7) is 2.40. The summed E-state index contributed by atoms with van der Waals surface area (Å²) in [4.78, 5) is 3.65. The number of pyridine rings is 1. The van der Waals surface area contributed by atoms with Crippen LogP contribution in [0, 0.1) is 0 Å². The van der Waals surface area contributed by atoms with Gasteiger partial charge in [0.1, 0.15) is 0 Å². The molecule has 0 radical (unpaired) electrons. The SMILES string of the molecule is CCOc1ccc(S(=O)(=O)NCc2cccnc2OCC(F)(F)F)cc1OCC. The van der Waals surface area contributed by atoms with Gasteiger partial charge in [-0.15, -0.1) is 0 Å². The molecule has 2 rings (SSSR count). The average Bonchev–Trinajstić information content (AvgIpc) is 2.66. The summed E-state index contributed by atoms with van der Waals surface area (Å²) in [7, 11) is -3.98. The standard InChI is InChI=1S/C18H21F3N2O5S/c1-3-26-15-8-7-14(10-16(15)27-4-2)29(24,25)23-11-13-6-5-9-22-17(13)28-12-18(19,20)21/h5-10,23H,3-4,11-12H2,1-2H3. The highest BCUT2D eigenvalue weighted by Gasteiger charge is 2.29. The molecule has 1 N–H and O–H groups in total. The lowest BCUT2D eigenvalue weighted by Gasteiger charge is -2.14. The predicted octanol–water partition coefficient (Wildman–Crippen LogP) is 3.30. The first-order chi connectivity index (χ1) is 13.7. The summed E-state index contributed by atoms with van der Waals surface area (Å²) in [5.41, 5.74) is 0.163. The molecule has 2 aromatic rings. The van der Waals surface area contributed by atoms with E-state index in [1.807, 2.05) is 0 Å². The molecule has 0 aliphatic carbocycles. The minimum atomic E-state index is -4.54. The number of ether oxygens (including phenoxy) is 3. The van der Waals surface area contributed by atoms with Gasteiger partial charge in [-0.25, -0.2) is 18.1 Å². The van der Waals surface area contributed by atoms with Crippen LogP contribution in [0.3, 0.4) is 0 Å². The molecule has 0 bridgehead atoms. The van der Waals surface area contributed by atoms with E-state index in [4.69, 9.17) is 9.47 Å². The van der Waals surface area contributed by atoms with Crippen LogP contribution in [0.15, 0.2) is 41.4 Å². The zero-order chi connectivity index (χ0) is 21.5. The molecule has 29 heavy (non-hydrogen) atoms. The predicted molar refractivity (Wildman–Crippen MR) is 98.6 cm³/mol. The Labute approximate surface area is 166 Å². The molecular weight excluding hydrogens is 413 g/mol. The van der Waals surface area contributed by atoms with Crippen LogP contribution < -0.4 is 18.9 Å². The van der Waals surface area contributed by atoms with Crippen molar-refractivity contribution in [2.75, 3.05) is 19.8 Å². The Morgan fingerprint density at radius 1 is 1.03 bits per heavy atom. The molecule has 0 saturated carbocycles. The molecule has 1 heterocycles. The second kappa shape index (κ2) is 9.79. The van der Waals surface area contributed by atoms with E-state index in [2.05, 4.69) is 14.4 Å². The number of hydrogen-bond acceptors (Lipinski definition) is 6. The maximum atomic E-state index is 12.6. The van der Waals surface area contributed by atoms with Crippen LogP contribution in [0.4, 0.5) is 13.2 Å². The monoisotopic (exact) mass is 434 g/mol. The number of nitrogens with one attached hydrogen (secondary N) is 1. The first kappa shape index (κ1) is 22.8. The van der Waals surface area contributed by atoms with Crippen molar-refractivity contribution >= 4 is 10.0 Å². The van der Waals surface area contributed by atoms with E-state index < -0.39 is 22.8 Å². The van der Waals surface area contributed by atoms with Gasteiger partial charge in [-0.2, -0.15) is 13.2 Å². The van der Waals surface area contributed by atoms with E-state index in [0.29, 0.717) is 19.0 Å². The van der Waals surface area contributed by atoms with Crippen molar-refractivity contribution < 1.29 is 35.8 Å². The Balaban J connectivity index is 2.17. The highest BCUT2D eigenvalue weighted by atomic mass is 32.2. The summed E-state index contributed by atoms with van der Waals surface area (Å²) < 4.78 is 80.1. The summed E-state index contributed by atoms with van der Waals surface area (Å²) >= 11 is 0. The van der Waals surface area contributed by atoms with Gasteiger partial charge in [0.2, 0.25) is 15.9 Å². The topological polar surface area (TPSA) is 86.8 Å². The van der Waals surface area contributed by atoms with Gasteiger partial charge in [-0.3, -0.25) is 0 Å². The average molecular weight is 434 g/mol. The Morgan fingerprint density at radius 3 is 2.38 bits per heavy atom. The molecule has 7 nitrogen and oxygen atoms in total. The van der Waals surface area contributed by atoms with Crippen LogP contribution in [0.2, 0.25) is 0 Å². The number of benzene rings is 1. The second-order valence-electron chi connectivity index (χ2n) is 5.67. The maximum Gasteiger partial charge on any atom is 0.422 e. The quantitative estimate of drug-likeness (QED) is 0.618. The fraction of sp³-hybridized carbons (Fsp3) is 0.389. The highest BCUT2D eigenvalue weighted by Crippen LogP contribution is 2.30. The van der Waals surface area contributed by atoms with Crippen LogP contribution in [0.25, 0.3) is 0 Å². The van der Waals surface area contributed by atoms with E-state index in [1.165, 1.54) is 36.5 Å². The molecule has 1 aromatic heterocycles. The Kier molecular flexibility index (Phi) is 7.68. The van der Waals surface area contributed by atoms with Gasteiger partial charge in [0.05, 0.1) is 18.1 Å². The van der Waals surface area contributed by atoms with Crippen molar-refractivity contribution in [2.24, 2.45) is 0 Å². The first-order valence-corrected chi connectivity index (χ1v) is 10.2. The first-order valence-electron chi connectivity index (χ1n) is 8.69. The third-order valence-electron chi connectivity index (χ3n) is 3.50. The van der Waals surface area contributed by atoms with Crippen LogP contribution in [0.1, 0.15) is 19.4 Å². The molecule has 0 amide bonds. The minimum Gasteiger partial charge on any atom is -0.490 e. The van der Waals surface area contributed by atoms with E-state index in [1.54, 1.807) is 13.8 Å². The fourth-order valence-corrected chi connectivity index (χ4v) is 3.32. The van der Waals surface area contributed by atoms with Gasteiger partial charge < -0.3 is 14.2 Å². The maximum absolute atomic E-state index is 12.6. The van der Waals surface area contributed by atoms with E-state index >= 15 is 0 Å². The van der Waals surface area contributed by atoms with Crippen LogP contribution in [-0.2, 0) is 16.6 Å². The zero-order valence-electron chi connectivity index (χ0n) is 15.8. The van der Waals surface area contributed by atoms with Gasteiger partial charge in [0.15, 0.2) is 18.1 Å². The van der Waals surface area contributed by atoms with Crippen molar-refractivity contribution in [3.8, 4) is 17.4 Å². The molecule has 0 saturated heterocycles. The van der Waals surface area contributed by atoms with Crippen LogP contribution >= 0.6 is 0 Å². The molecule has 160 valence electrons. The van der Waals surface area contributed by atoms with E-state index in [9.17, 15) is 21.6 Å². The van der Waals surface area contributed by atoms with Gasteiger partial charge >= 0.3 is 6.18 Å². The third kappa shape index (κ3) is 6.79. The van der Waals surface area contributed by atoms with Gasteiger partial charge in [-0.1, -0.05) is 6.07 Å². The number of halogens is 3. The number of rotatable bonds is 10. The molecule has 0 aliphatic heterocycles. The summed E-state index contributed by atoms with van der Waals surface area (Å²) in [5, 5.41) is 0. The number of aromatic nitrogens is 1. The van der Waals surface area contributed by atoms with E-state index in [-0.39, 0.29) is 28.6 Å². The largest absolute Gasteiger partial charge is 0.490 e. The summed E-state index contributed by atoms with van der Waals surface area (Å²) in [6.07, 6.45) is -3.28. The molecule has 0 atom stereocenters. The normalized spacial score (nSPS) is 11.9. The molecule has 0 fully saturated rings. The lowest BCUT2D eigenvalue weighted by Crippen LogP contribution is -2.25. The number of hydrogen-bond donors (Lipinski definition) is 1. The highest BCUT2D eigenvalue weighted by molar-refractivity contribution is 7.89. The lowest BCUT2D eigenvalue weighted by molar-refractivity contribution is -0.154. The summed E-state index contributed by atoms with van der Waals surface area (Å²) in [5.74, 6) is 0.380. The number of alkyl halides is 3. The Morgan fingerprint density at radius 2 is 1.72 bits per heavy atom. The van der Waals surface area contributed by atoms with Crippen molar-refractivity contribution in [1.82, 2.24) is 9.71 Å². The van der Waals surface area contributed by atoms with Crippen molar-refractivity contribution in [3.63, 3.8) is 0 Å². The smallest absolute Gasteiger partial charge is 0.422 e. The van der Waals surface area contributed by atoms with Crippen LogP contribution in [-0.4, -0.2) is 39.4 Å². The molecule has 0 spiro atoms. The molecule has 11 heteroatoms. The Bertz CT molecular complexity index is 920. The number of nitrogens with zero attached hydrogens (tertiary/aromatic N) is 1. The molecule has 1 aromatic carbocycles.